The molecule has 2 aliphatic rings. The van der Waals surface area contributed by atoms with Crippen molar-refractivity contribution < 1.29 is 9.21 Å². The Balaban J connectivity index is 1.56. The molecule has 1 amide bonds. The van der Waals surface area contributed by atoms with Gasteiger partial charge in [-0.2, -0.15) is 0 Å². The van der Waals surface area contributed by atoms with Gasteiger partial charge in [0.25, 0.3) is 0 Å². The van der Waals surface area contributed by atoms with Crippen molar-refractivity contribution in [3.63, 3.8) is 0 Å². The van der Waals surface area contributed by atoms with E-state index in [0.717, 1.165) is 38.2 Å². The molecule has 1 aromatic heterocycles. The van der Waals surface area contributed by atoms with Gasteiger partial charge in [0.15, 0.2) is 5.96 Å². The fraction of sp³-hybridized carbons (Fsp3) is 0.667. The summed E-state index contributed by atoms with van der Waals surface area (Å²) in [7, 11) is 0. The predicted octanol–water partition coefficient (Wildman–Crippen LogP) is 1.25. The predicted molar refractivity (Wildman–Crippen MR) is 97.4 cm³/mol. The highest BCUT2D eigenvalue weighted by molar-refractivity contribution is 5.85. The molecule has 1 saturated carbocycles. The molecule has 0 aromatic carbocycles. The summed E-state index contributed by atoms with van der Waals surface area (Å²) in [5, 5.41) is 9.53. The van der Waals surface area contributed by atoms with Gasteiger partial charge < -0.3 is 20.4 Å². The summed E-state index contributed by atoms with van der Waals surface area (Å²) in [5.41, 5.74) is 0. The number of hydrogen-bond donors (Lipinski definition) is 3. The normalized spacial score (nSPS) is 19.6. The minimum atomic E-state index is -0.0122. The van der Waals surface area contributed by atoms with Crippen LogP contribution in [0.1, 0.15) is 44.4 Å². The second-order valence-electron chi connectivity index (χ2n) is 6.69. The maximum absolute atomic E-state index is 11.8. The van der Waals surface area contributed by atoms with Crippen LogP contribution in [0.5, 0.6) is 0 Å². The van der Waals surface area contributed by atoms with Crippen LogP contribution in [0.15, 0.2) is 27.8 Å². The summed E-state index contributed by atoms with van der Waals surface area (Å²) < 4.78 is 5.64. The second-order valence-corrected chi connectivity index (χ2v) is 6.69. The highest BCUT2D eigenvalue weighted by atomic mass is 16.3. The third-order valence-electron chi connectivity index (χ3n) is 4.58. The molecule has 2 fully saturated rings. The zero-order valence-electron chi connectivity index (χ0n) is 15.0. The number of hydrogen-bond acceptors (Lipinski definition) is 4. The van der Waals surface area contributed by atoms with Gasteiger partial charge in [0.2, 0.25) is 5.91 Å². The lowest BCUT2D eigenvalue weighted by molar-refractivity contribution is -0.119. The summed E-state index contributed by atoms with van der Waals surface area (Å²) in [4.78, 5) is 18.7. The molecule has 138 valence electrons. The monoisotopic (exact) mass is 347 g/mol. The van der Waals surface area contributed by atoms with Crippen LogP contribution in [0.3, 0.4) is 0 Å². The first-order valence-corrected chi connectivity index (χ1v) is 9.35. The van der Waals surface area contributed by atoms with Crippen molar-refractivity contribution in [2.45, 2.75) is 44.7 Å². The number of nitrogens with zero attached hydrogens (tertiary/aromatic N) is 2. The Morgan fingerprint density at radius 1 is 1.36 bits per heavy atom. The van der Waals surface area contributed by atoms with Gasteiger partial charge in [-0.1, -0.05) is 0 Å². The van der Waals surface area contributed by atoms with Crippen molar-refractivity contribution in [3.05, 3.63) is 24.2 Å². The van der Waals surface area contributed by atoms with E-state index in [4.69, 9.17) is 4.42 Å². The summed E-state index contributed by atoms with van der Waals surface area (Å²) in [5.74, 6) is 1.63. The molecule has 3 N–H and O–H groups in total. The second kappa shape index (κ2) is 8.89. The number of guanidine groups is 1. The molecule has 3 rings (SSSR count). The molecule has 1 atom stereocenters. The van der Waals surface area contributed by atoms with Crippen molar-refractivity contribution in [1.29, 1.82) is 0 Å². The van der Waals surface area contributed by atoms with Crippen LogP contribution in [0, 0.1) is 0 Å². The average molecular weight is 347 g/mol. The summed E-state index contributed by atoms with van der Waals surface area (Å²) in [6.07, 6.45) is 6.36. The van der Waals surface area contributed by atoms with Crippen molar-refractivity contribution in [2.75, 3.05) is 32.7 Å². The van der Waals surface area contributed by atoms with Gasteiger partial charge in [-0.25, -0.2) is 4.99 Å². The standard InChI is InChI=1S/C18H29N5O2/c1-2-19-18(21-13-17(24)22-14-7-8-14)20-12-15(16-6-5-11-25-16)23-9-3-4-10-23/h5-6,11,14-15H,2-4,7-10,12-13H2,1H3,(H,22,24)(H2,19,20,21). The lowest BCUT2D eigenvalue weighted by atomic mass is 10.2. The van der Waals surface area contributed by atoms with E-state index in [1.165, 1.54) is 12.8 Å². The Morgan fingerprint density at radius 2 is 2.16 bits per heavy atom. The smallest absolute Gasteiger partial charge is 0.242 e. The van der Waals surface area contributed by atoms with Crippen LogP contribution in [0.4, 0.5) is 0 Å². The van der Waals surface area contributed by atoms with Gasteiger partial charge in [-0.05, 0) is 57.8 Å². The minimum absolute atomic E-state index is 0.0122. The number of aliphatic imine (C=N–C) groups is 1. The minimum Gasteiger partial charge on any atom is -0.468 e. The lowest BCUT2D eigenvalue weighted by Gasteiger charge is -2.26. The molecule has 25 heavy (non-hydrogen) atoms. The van der Waals surface area contributed by atoms with E-state index in [1.807, 2.05) is 19.1 Å². The van der Waals surface area contributed by atoms with Gasteiger partial charge >= 0.3 is 0 Å². The first-order chi connectivity index (χ1) is 12.3. The highest BCUT2D eigenvalue weighted by Gasteiger charge is 2.26. The molecule has 1 aliphatic carbocycles. The van der Waals surface area contributed by atoms with E-state index in [9.17, 15) is 4.79 Å². The van der Waals surface area contributed by atoms with E-state index >= 15 is 0 Å². The number of likely N-dealkylation sites (tertiary alicyclic amines) is 1. The van der Waals surface area contributed by atoms with Gasteiger partial charge in [-0.3, -0.25) is 9.69 Å². The first kappa shape index (κ1) is 17.8. The van der Waals surface area contributed by atoms with Crippen LogP contribution in [-0.2, 0) is 4.79 Å². The SMILES string of the molecule is CCNC(=NCC(=O)NC1CC1)NCC(c1ccco1)N1CCCC1. The largest absolute Gasteiger partial charge is 0.468 e. The molecule has 2 heterocycles. The molecular weight excluding hydrogens is 318 g/mol. The van der Waals surface area contributed by atoms with Crippen LogP contribution in [0.25, 0.3) is 0 Å². The lowest BCUT2D eigenvalue weighted by Crippen LogP contribution is -2.43. The molecule has 1 saturated heterocycles. The van der Waals surface area contributed by atoms with Crippen molar-refractivity contribution in [3.8, 4) is 0 Å². The van der Waals surface area contributed by atoms with Gasteiger partial charge in [0.1, 0.15) is 12.3 Å². The maximum atomic E-state index is 11.8. The molecular formula is C18H29N5O2. The Hall–Kier alpha value is -2.02. The Labute approximate surface area is 149 Å². The molecule has 1 unspecified atom stereocenters. The summed E-state index contributed by atoms with van der Waals surface area (Å²) in [6, 6.07) is 4.51. The van der Waals surface area contributed by atoms with E-state index in [1.54, 1.807) is 6.26 Å². The molecule has 1 aromatic rings. The topological polar surface area (TPSA) is 81.9 Å². The quantitative estimate of drug-likeness (QED) is 0.487. The highest BCUT2D eigenvalue weighted by Crippen LogP contribution is 2.24. The van der Waals surface area contributed by atoms with Crippen LogP contribution < -0.4 is 16.0 Å². The zero-order chi connectivity index (χ0) is 17.5. The molecule has 0 bridgehead atoms. The average Bonchev–Trinajstić information content (AvgIpc) is 3.08. The van der Waals surface area contributed by atoms with E-state index < -0.39 is 0 Å². The third kappa shape index (κ3) is 5.49. The Bertz CT molecular complexity index is 562. The van der Waals surface area contributed by atoms with Crippen LogP contribution >= 0.6 is 0 Å². The Kier molecular flexibility index (Phi) is 6.33. The zero-order valence-corrected chi connectivity index (χ0v) is 15.0. The van der Waals surface area contributed by atoms with Crippen molar-refractivity contribution in [2.24, 2.45) is 4.99 Å². The van der Waals surface area contributed by atoms with Crippen LogP contribution in [-0.4, -0.2) is 55.5 Å². The molecule has 1 aliphatic heterocycles. The van der Waals surface area contributed by atoms with Crippen molar-refractivity contribution >= 4 is 11.9 Å². The van der Waals surface area contributed by atoms with E-state index in [-0.39, 0.29) is 18.5 Å². The fourth-order valence-corrected chi connectivity index (χ4v) is 3.13. The molecule has 0 spiro atoms. The number of nitrogens with one attached hydrogen (secondary N) is 3. The number of amides is 1. The summed E-state index contributed by atoms with van der Waals surface area (Å²) in [6.45, 7) is 5.80. The first-order valence-electron chi connectivity index (χ1n) is 9.35. The molecule has 7 nitrogen and oxygen atoms in total. The Morgan fingerprint density at radius 3 is 2.80 bits per heavy atom. The van der Waals surface area contributed by atoms with Crippen LogP contribution in [0.2, 0.25) is 0 Å². The van der Waals surface area contributed by atoms with Gasteiger partial charge in [0.05, 0.1) is 12.3 Å². The van der Waals surface area contributed by atoms with Gasteiger partial charge in [-0.15, -0.1) is 0 Å². The fourth-order valence-electron chi connectivity index (χ4n) is 3.13. The van der Waals surface area contributed by atoms with E-state index in [2.05, 4.69) is 25.8 Å². The maximum Gasteiger partial charge on any atom is 0.242 e. The number of carbonyl (C=O) groups is 1. The molecule has 7 heteroatoms. The van der Waals surface area contributed by atoms with E-state index in [0.29, 0.717) is 18.5 Å². The summed E-state index contributed by atoms with van der Waals surface area (Å²) >= 11 is 0. The molecule has 0 radical (unpaired) electrons. The third-order valence-corrected chi connectivity index (χ3v) is 4.58. The number of rotatable bonds is 8. The van der Waals surface area contributed by atoms with Crippen molar-refractivity contribution in [1.82, 2.24) is 20.9 Å². The number of furan rings is 1. The van der Waals surface area contributed by atoms with Gasteiger partial charge in [0, 0.05) is 19.1 Å². The number of carbonyl (C=O) groups excluding carboxylic acids is 1.